The number of piperazine rings is 1. The molecule has 0 saturated carbocycles. The number of halogens is 3. The van der Waals surface area contributed by atoms with Gasteiger partial charge in [0, 0.05) is 49.4 Å². The standard InChI is InChI=1S/C21H26ClN3O.2ClH/c1-16(17-6-9-19(22)10-7-17)24-12-14-25(15-13-24)21(26)11-8-18-4-2-3-5-20(18)23;;/h2-7,9-10,16H,8,11-15,23H2,1H3;2*1H. The Hall–Kier alpha value is -1.46. The van der Waals surface area contributed by atoms with E-state index < -0.39 is 0 Å². The van der Waals surface area contributed by atoms with E-state index in [0.29, 0.717) is 18.9 Å². The maximum Gasteiger partial charge on any atom is 0.222 e. The topological polar surface area (TPSA) is 49.6 Å². The van der Waals surface area contributed by atoms with Crippen LogP contribution in [0, 0.1) is 0 Å². The van der Waals surface area contributed by atoms with Crippen LogP contribution in [0.25, 0.3) is 0 Å². The van der Waals surface area contributed by atoms with Crippen molar-refractivity contribution in [2.24, 2.45) is 0 Å². The number of benzene rings is 2. The minimum atomic E-state index is 0. The maximum atomic E-state index is 12.5. The fraction of sp³-hybridized carbons (Fsp3) is 0.381. The summed E-state index contributed by atoms with van der Waals surface area (Å²) in [5, 5.41) is 0.760. The molecule has 0 bridgehead atoms. The number of para-hydroxylation sites is 1. The predicted molar refractivity (Wildman–Crippen MR) is 122 cm³/mol. The monoisotopic (exact) mass is 443 g/mol. The van der Waals surface area contributed by atoms with Crippen LogP contribution < -0.4 is 5.73 Å². The van der Waals surface area contributed by atoms with Gasteiger partial charge in [-0.1, -0.05) is 41.9 Å². The Kier molecular flexibility index (Phi) is 10.1. The molecule has 1 aliphatic rings. The highest BCUT2D eigenvalue weighted by Gasteiger charge is 2.24. The molecule has 0 aromatic heterocycles. The summed E-state index contributed by atoms with van der Waals surface area (Å²) < 4.78 is 0. The summed E-state index contributed by atoms with van der Waals surface area (Å²) in [6, 6.07) is 16.1. The Morgan fingerprint density at radius 2 is 1.64 bits per heavy atom. The lowest BCUT2D eigenvalue weighted by molar-refractivity contribution is -0.133. The molecule has 1 unspecified atom stereocenters. The van der Waals surface area contributed by atoms with E-state index >= 15 is 0 Å². The van der Waals surface area contributed by atoms with E-state index in [1.165, 1.54) is 5.56 Å². The first-order chi connectivity index (χ1) is 12.5. The van der Waals surface area contributed by atoms with Crippen LogP contribution in [0.3, 0.4) is 0 Å². The quantitative estimate of drug-likeness (QED) is 0.685. The molecule has 4 nitrogen and oxygen atoms in total. The highest BCUT2D eigenvalue weighted by atomic mass is 35.5. The molecule has 3 rings (SSSR count). The second kappa shape index (κ2) is 11.5. The minimum Gasteiger partial charge on any atom is -0.399 e. The molecule has 1 amide bonds. The van der Waals surface area contributed by atoms with Crippen molar-refractivity contribution in [2.45, 2.75) is 25.8 Å². The van der Waals surface area contributed by atoms with Gasteiger partial charge in [0.25, 0.3) is 0 Å². The van der Waals surface area contributed by atoms with Crippen molar-refractivity contribution in [2.75, 3.05) is 31.9 Å². The molecule has 2 aromatic carbocycles. The van der Waals surface area contributed by atoms with Crippen molar-refractivity contribution in [3.63, 3.8) is 0 Å². The largest absolute Gasteiger partial charge is 0.399 e. The van der Waals surface area contributed by atoms with Crippen molar-refractivity contribution >= 4 is 48.0 Å². The number of carbonyl (C=O) groups excluding carboxylic acids is 1. The van der Waals surface area contributed by atoms with E-state index in [0.717, 1.165) is 42.5 Å². The zero-order chi connectivity index (χ0) is 18.5. The SMILES string of the molecule is CC(c1ccc(Cl)cc1)N1CCN(C(=O)CCc2ccccc2N)CC1.Cl.Cl. The van der Waals surface area contributed by atoms with Gasteiger partial charge in [0.05, 0.1) is 0 Å². The van der Waals surface area contributed by atoms with Gasteiger partial charge >= 0.3 is 0 Å². The van der Waals surface area contributed by atoms with Gasteiger partial charge in [0.2, 0.25) is 5.91 Å². The summed E-state index contributed by atoms with van der Waals surface area (Å²) in [4.78, 5) is 16.9. The molecular formula is C21H28Cl3N3O. The molecule has 7 heteroatoms. The number of hydrogen-bond donors (Lipinski definition) is 1. The second-order valence-corrected chi connectivity index (χ2v) is 7.28. The number of nitrogen functional groups attached to an aromatic ring is 1. The molecule has 0 spiro atoms. The van der Waals surface area contributed by atoms with Crippen LogP contribution in [-0.2, 0) is 11.2 Å². The van der Waals surface area contributed by atoms with Crippen molar-refractivity contribution in [1.29, 1.82) is 0 Å². The molecule has 1 aliphatic heterocycles. The molecular weight excluding hydrogens is 417 g/mol. The van der Waals surface area contributed by atoms with Crippen LogP contribution in [0.15, 0.2) is 48.5 Å². The van der Waals surface area contributed by atoms with E-state index in [9.17, 15) is 4.79 Å². The average Bonchev–Trinajstić information content (AvgIpc) is 2.67. The smallest absolute Gasteiger partial charge is 0.222 e. The molecule has 1 saturated heterocycles. The summed E-state index contributed by atoms with van der Waals surface area (Å²) in [5.74, 6) is 0.215. The highest BCUT2D eigenvalue weighted by Crippen LogP contribution is 2.23. The fourth-order valence-electron chi connectivity index (χ4n) is 3.47. The van der Waals surface area contributed by atoms with Crippen LogP contribution >= 0.6 is 36.4 Å². The number of aryl methyl sites for hydroxylation is 1. The summed E-state index contributed by atoms with van der Waals surface area (Å²) in [7, 11) is 0. The number of anilines is 1. The molecule has 2 N–H and O–H groups in total. The van der Waals surface area contributed by atoms with Gasteiger partial charge in [-0.25, -0.2) is 0 Å². The van der Waals surface area contributed by atoms with Gasteiger partial charge in [-0.15, -0.1) is 24.8 Å². The first-order valence-electron chi connectivity index (χ1n) is 9.15. The first-order valence-corrected chi connectivity index (χ1v) is 9.53. The summed E-state index contributed by atoms with van der Waals surface area (Å²) in [5.41, 5.74) is 9.04. The molecule has 1 heterocycles. The van der Waals surface area contributed by atoms with Crippen LogP contribution in [0.4, 0.5) is 5.69 Å². The second-order valence-electron chi connectivity index (χ2n) is 6.84. The predicted octanol–water partition coefficient (Wildman–Crippen LogP) is 4.60. The van der Waals surface area contributed by atoms with Crippen LogP contribution in [-0.4, -0.2) is 41.9 Å². The Bertz CT molecular complexity index is 747. The van der Waals surface area contributed by atoms with Crippen LogP contribution in [0.5, 0.6) is 0 Å². The van der Waals surface area contributed by atoms with E-state index in [2.05, 4.69) is 24.0 Å². The number of carbonyl (C=O) groups is 1. The molecule has 154 valence electrons. The van der Waals surface area contributed by atoms with Crippen molar-refractivity contribution < 1.29 is 4.79 Å². The Labute approximate surface area is 184 Å². The van der Waals surface area contributed by atoms with Gasteiger partial charge < -0.3 is 10.6 Å². The van der Waals surface area contributed by atoms with Crippen molar-refractivity contribution in [3.8, 4) is 0 Å². The Morgan fingerprint density at radius 3 is 2.25 bits per heavy atom. The zero-order valence-electron chi connectivity index (χ0n) is 16.0. The van der Waals surface area contributed by atoms with E-state index in [1.807, 2.05) is 41.3 Å². The average molecular weight is 445 g/mol. The van der Waals surface area contributed by atoms with Crippen molar-refractivity contribution in [3.05, 3.63) is 64.7 Å². The van der Waals surface area contributed by atoms with Gasteiger partial charge in [-0.2, -0.15) is 0 Å². The lowest BCUT2D eigenvalue weighted by Crippen LogP contribution is -2.49. The van der Waals surface area contributed by atoms with Gasteiger partial charge in [-0.3, -0.25) is 9.69 Å². The van der Waals surface area contributed by atoms with Crippen LogP contribution in [0.2, 0.25) is 5.02 Å². The highest BCUT2D eigenvalue weighted by molar-refractivity contribution is 6.30. The maximum absolute atomic E-state index is 12.5. The summed E-state index contributed by atoms with van der Waals surface area (Å²) in [6.07, 6.45) is 1.22. The summed E-state index contributed by atoms with van der Waals surface area (Å²) >= 11 is 5.97. The van der Waals surface area contributed by atoms with E-state index in [1.54, 1.807) is 0 Å². The lowest BCUT2D eigenvalue weighted by atomic mass is 10.1. The summed E-state index contributed by atoms with van der Waals surface area (Å²) in [6.45, 7) is 5.55. The van der Waals surface area contributed by atoms with E-state index in [-0.39, 0.29) is 30.7 Å². The molecule has 2 aromatic rings. The lowest BCUT2D eigenvalue weighted by Gasteiger charge is -2.38. The fourth-order valence-corrected chi connectivity index (χ4v) is 3.60. The van der Waals surface area contributed by atoms with Crippen molar-refractivity contribution in [1.82, 2.24) is 9.80 Å². The number of nitrogens with two attached hydrogens (primary N) is 1. The molecule has 0 aliphatic carbocycles. The molecule has 1 fully saturated rings. The normalized spacial score (nSPS) is 15.3. The molecule has 28 heavy (non-hydrogen) atoms. The van der Waals surface area contributed by atoms with Crippen LogP contribution in [0.1, 0.15) is 30.5 Å². The Balaban J connectivity index is 0.00000196. The molecule has 0 radical (unpaired) electrons. The van der Waals surface area contributed by atoms with E-state index in [4.69, 9.17) is 17.3 Å². The Morgan fingerprint density at radius 1 is 1.04 bits per heavy atom. The third-order valence-corrected chi connectivity index (χ3v) is 5.48. The number of amides is 1. The number of hydrogen-bond acceptors (Lipinski definition) is 3. The third kappa shape index (κ3) is 6.28. The number of nitrogens with zero attached hydrogens (tertiary/aromatic N) is 2. The molecule has 1 atom stereocenters. The van der Waals surface area contributed by atoms with Gasteiger partial charge in [0.15, 0.2) is 0 Å². The van der Waals surface area contributed by atoms with Gasteiger partial charge in [0.1, 0.15) is 0 Å². The number of rotatable bonds is 5. The first kappa shape index (κ1) is 24.6. The zero-order valence-corrected chi connectivity index (χ0v) is 18.4. The van der Waals surface area contributed by atoms with Gasteiger partial charge in [-0.05, 0) is 42.7 Å². The minimum absolute atomic E-state index is 0. The third-order valence-electron chi connectivity index (χ3n) is 5.23.